The molecule has 2 rings (SSSR count). The van der Waals surface area contributed by atoms with E-state index in [-0.39, 0.29) is 0 Å². The molecule has 0 N–H and O–H groups in total. The van der Waals surface area contributed by atoms with Crippen LogP contribution >= 0.6 is 0 Å². The summed E-state index contributed by atoms with van der Waals surface area (Å²) >= 11 is 0. The fourth-order valence-corrected chi connectivity index (χ4v) is 2.64. The van der Waals surface area contributed by atoms with Crippen molar-refractivity contribution in [2.45, 2.75) is 39.5 Å². The molecule has 2 aromatic carbocycles. The van der Waals surface area contributed by atoms with Gasteiger partial charge in [0.15, 0.2) is 0 Å². The minimum Gasteiger partial charge on any atom is -0.0850 e. The normalized spacial score (nSPS) is 12.5. The van der Waals surface area contributed by atoms with Gasteiger partial charge in [0.05, 0.1) is 0 Å². The van der Waals surface area contributed by atoms with Crippen LogP contribution in [0.3, 0.4) is 0 Å². The average molecular weight is 290 g/mol. The van der Waals surface area contributed by atoms with E-state index in [1.165, 1.54) is 22.3 Å². The molecule has 0 aliphatic heterocycles. The van der Waals surface area contributed by atoms with E-state index in [0.29, 0.717) is 0 Å². The Kier molecular flexibility index (Phi) is 6.70. The van der Waals surface area contributed by atoms with Crippen LogP contribution in [0.4, 0.5) is 0 Å². The van der Waals surface area contributed by atoms with Crippen molar-refractivity contribution in [2.24, 2.45) is 0 Å². The zero-order valence-corrected chi connectivity index (χ0v) is 13.8. The highest BCUT2D eigenvalue weighted by Crippen LogP contribution is 2.11. The first kappa shape index (κ1) is 16.3. The van der Waals surface area contributed by atoms with Crippen LogP contribution in [0.1, 0.15) is 37.8 Å². The van der Waals surface area contributed by atoms with E-state index in [0.717, 1.165) is 25.7 Å². The van der Waals surface area contributed by atoms with Crippen molar-refractivity contribution in [1.82, 2.24) is 0 Å². The zero-order valence-electron chi connectivity index (χ0n) is 13.8. The van der Waals surface area contributed by atoms with Gasteiger partial charge in [0.1, 0.15) is 0 Å². The number of hydrogen-bond acceptors (Lipinski definition) is 0. The Morgan fingerprint density at radius 2 is 1.00 bits per heavy atom. The van der Waals surface area contributed by atoms with Crippen LogP contribution in [0.5, 0.6) is 0 Å². The molecule has 114 valence electrons. The molecule has 0 nitrogen and oxygen atoms in total. The standard InChI is InChI=1S/C22H26/c1-19(17-21-13-5-3-6-14-21)11-9-10-12-20(2)18-22-15-7-4-8-16-22/h3-8,11-16H,9-10,17-18H2,1-2H3. The quantitative estimate of drug-likeness (QED) is 0.424. The monoisotopic (exact) mass is 290 g/mol. The number of hydrogen-bond donors (Lipinski definition) is 0. The molecular formula is C22H26. The summed E-state index contributed by atoms with van der Waals surface area (Å²) in [6.07, 6.45) is 9.13. The van der Waals surface area contributed by atoms with Gasteiger partial charge in [0, 0.05) is 0 Å². The molecule has 0 bridgehead atoms. The van der Waals surface area contributed by atoms with Crippen molar-refractivity contribution in [1.29, 1.82) is 0 Å². The first-order valence-electron chi connectivity index (χ1n) is 8.13. The Morgan fingerprint density at radius 1 is 0.636 bits per heavy atom. The first-order valence-corrected chi connectivity index (χ1v) is 8.13. The number of allylic oxidation sites excluding steroid dienone is 4. The Balaban J connectivity index is 1.75. The van der Waals surface area contributed by atoms with Gasteiger partial charge in [-0.25, -0.2) is 0 Å². The molecule has 0 aliphatic rings. The molecule has 0 fully saturated rings. The highest BCUT2D eigenvalue weighted by molar-refractivity contribution is 5.22. The van der Waals surface area contributed by atoms with Gasteiger partial charge in [0.2, 0.25) is 0 Å². The Morgan fingerprint density at radius 3 is 1.36 bits per heavy atom. The van der Waals surface area contributed by atoms with Crippen LogP contribution in [0, 0.1) is 0 Å². The SMILES string of the molecule is CC(=CCCC=C(C)Cc1ccccc1)Cc1ccccc1. The maximum absolute atomic E-state index is 2.37. The Bertz CT molecular complexity index is 546. The summed E-state index contributed by atoms with van der Waals surface area (Å²) in [6, 6.07) is 21.4. The lowest BCUT2D eigenvalue weighted by atomic mass is 10.0. The number of benzene rings is 2. The van der Waals surface area contributed by atoms with E-state index in [9.17, 15) is 0 Å². The second-order valence-electron chi connectivity index (χ2n) is 6.00. The molecule has 0 saturated carbocycles. The maximum atomic E-state index is 2.37. The molecule has 0 unspecified atom stereocenters. The third kappa shape index (κ3) is 6.13. The molecule has 0 amide bonds. The predicted octanol–water partition coefficient (Wildman–Crippen LogP) is 6.14. The van der Waals surface area contributed by atoms with Gasteiger partial charge < -0.3 is 0 Å². The lowest BCUT2D eigenvalue weighted by Gasteiger charge is -2.03. The van der Waals surface area contributed by atoms with E-state index in [2.05, 4.69) is 86.7 Å². The minimum absolute atomic E-state index is 1.06. The first-order chi connectivity index (χ1) is 10.7. The fourth-order valence-electron chi connectivity index (χ4n) is 2.64. The van der Waals surface area contributed by atoms with E-state index in [1.807, 2.05) is 0 Å². The summed E-state index contributed by atoms with van der Waals surface area (Å²) in [5.41, 5.74) is 5.71. The fraction of sp³-hybridized carbons (Fsp3) is 0.273. The van der Waals surface area contributed by atoms with Crippen LogP contribution in [-0.4, -0.2) is 0 Å². The second kappa shape index (κ2) is 9.04. The van der Waals surface area contributed by atoms with E-state index >= 15 is 0 Å². The highest BCUT2D eigenvalue weighted by atomic mass is 14.0. The molecule has 0 heterocycles. The topological polar surface area (TPSA) is 0 Å². The second-order valence-corrected chi connectivity index (χ2v) is 6.00. The molecule has 22 heavy (non-hydrogen) atoms. The summed E-state index contributed by atoms with van der Waals surface area (Å²) in [7, 11) is 0. The Hall–Kier alpha value is -2.08. The summed E-state index contributed by atoms with van der Waals surface area (Å²) in [5.74, 6) is 0. The van der Waals surface area contributed by atoms with Gasteiger partial charge >= 0.3 is 0 Å². The van der Waals surface area contributed by atoms with Gasteiger partial charge in [-0.15, -0.1) is 0 Å². The third-order valence-corrected chi connectivity index (χ3v) is 3.80. The van der Waals surface area contributed by atoms with Crippen molar-refractivity contribution in [3.63, 3.8) is 0 Å². The van der Waals surface area contributed by atoms with Gasteiger partial charge in [-0.3, -0.25) is 0 Å². The van der Waals surface area contributed by atoms with Crippen molar-refractivity contribution >= 4 is 0 Å². The molecule has 0 aliphatic carbocycles. The zero-order chi connectivity index (χ0) is 15.6. The Labute approximate surface area is 135 Å². The molecule has 0 atom stereocenters. The smallest absolute Gasteiger partial charge is 0.00699 e. The predicted molar refractivity (Wildman–Crippen MR) is 97.0 cm³/mol. The van der Waals surface area contributed by atoms with Crippen LogP contribution in [0.15, 0.2) is 84.0 Å². The van der Waals surface area contributed by atoms with Crippen molar-refractivity contribution in [3.8, 4) is 0 Å². The van der Waals surface area contributed by atoms with Gasteiger partial charge in [-0.1, -0.05) is 84.0 Å². The summed E-state index contributed by atoms with van der Waals surface area (Å²) in [4.78, 5) is 0. The lowest BCUT2D eigenvalue weighted by Crippen LogP contribution is -1.87. The maximum Gasteiger partial charge on any atom is -0.00699 e. The van der Waals surface area contributed by atoms with Gasteiger partial charge in [-0.2, -0.15) is 0 Å². The van der Waals surface area contributed by atoms with Crippen molar-refractivity contribution < 1.29 is 0 Å². The lowest BCUT2D eigenvalue weighted by molar-refractivity contribution is 0.985. The van der Waals surface area contributed by atoms with Crippen LogP contribution in [0.2, 0.25) is 0 Å². The molecular weight excluding hydrogens is 264 g/mol. The summed E-state index contributed by atoms with van der Waals surface area (Å²) in [5, 5.41) is 0. The van der Waals surface area contributed by atoms with Gasteiger partial charge in [0.25, 0.3) is 0 Å². The van der Waals surface area contributed by atoms with E-state index in [1.54, 1.807) is 0 Å². The molecule has 0 spiro atoms. The molecule has 0 heteroatoms. The van der Waals surface area contributed by atoms with E-state index in [4.69, 9.17) is 0 Å². The summed E-state index contributed by atoms with van der Waals surface area (Å²) < 4.78 is 0. The molecule has 0 radical (unpaired) electrons. The van der Waals surface area contributed by atoms with Crippen LogP contribution < -0.4 is 0 Å². The van der Waals surface area contributed by atoms with Crippen LogP contribution in [0.25, 0.3) is 0 Å². The van der Waals surface area contributed by atoms with Crippen molar-refractivity contribution in [2.75, 3.05) is 0 Å². The number of unbranched alkanes of at least 4 members (excludes halogenated alkanes) is 1. The van der Waals surface area contributed by atoms with Crippen molar-refractivity contribution in [3.05, 3.63) is 95.1 Å². The molecule has 0 aromatic heterocycles. The largest absolute Gasteiger partial charge is 0.0850 e. The number of rotatable bonds is 7. The van der Waals surface area contributed by atoms with Gasteiger partial charge in [-0.05, 0) is 50.7 Å². The minimum atomic E-state index is 1.06. The van der Waals surface area contributed by atoms with E-state index < -0.39 is 0 Å². The summed E-state index contributed by atoms with van der Waals surface area (Å²) in [6.45, 7) is 4.46. The molecule has 2 aromatic rings. The molecule has 0 saturated heterocycles. The third-order valence-electron chi connectivity index (χ3n) is 3.80. The average Bonchev–Trinajstić information content (AvgIpc) is 2.53. The highest BCUT2D eigenvalue weighted by Gasteiger charge is 1.95. The van der Waals surface area contributed by atoms with Crippen LogP contribution in [-0.2, 0) is 12.8 Å².